The van der Waals surface area contributed by atoms with E-state index in [0.29, 0.717) is 23.3 Å². The van der Waals surface area contributed by atoms with Gasteiger partial charge in [-0.15, -0.1) is 0 Å². The Morgan fingerprint density at radius 2 is 1.73 bits per heavy atom. The summed E-state index contributed by atoms with van der Waals surface area (Å²) in [6.07, 6.45) is 0. The average molecular weight is 409 g/mol. The molecule has 0 aliphatic rings. The number of aromatic nitrogens is 2. The molecule has 0 bridgehead atoms. The van der Waals surface area contributed by atoms with Crippen LogP contribution >= 0.6 is 0 Å². The number of aliphatic hydroxyl groups excluding tert-OH is 1. The fourth-order valence-corrected chi connectivity index (χ4v) is 2.96. The van der Waals surface area contributed by atoms with Gasteiger partial charge < -0.3 is 25.2 Å². The second kappa shape index (κ2) is 9.93. The largest absolute Gasteiger partial charge is 0.497 e. The quantitative estimate of drug-likeness (QED) is 0.485. The molecule has 1 heterocycles. The first-order valence-corrected chi connectivity index (χ1v) is 9.85. The van der Waals surface area contributed by atoms with Crippen molar-refractivity contribution >= 4 is 17.5 Å². The molecule has 2 aromatic carbocycles. The molecule has 3 rings (SSSR count). The van der Waals surface area contributed by atoms with Crippen LogP contribution < -0.4 is 20.1 Å². The third-order valence-electron chi connectivity index (χ3n) is 4.78. The van der Waals surface area contributed by atoms with Crippen LogP contribution in [0.3, 0.4) is 0 Å². The van der Waals surface area contributed by atoms with E-state index in [2.05, 4.69) is 20.6 Å². The first-order chi connectivity index (χ1) is 14.5. The molecule has 158 valence electrons. The molecular formula is C23H28N4O3. The van der Waals surface area contributed by atoms with Crippen LogP contribution in [0.2, 0.25) is 0 Å². The Morgan fingerprint density at radius 1 is 0.967 bits per heavy atom. The van der Waals surface area contributed by atoms with Gasteiger partial charge in [0, 0.05) is 17.7 Å². The van der Waals surface area contributed by atoms with Gasteiger partial charge in [-0.05, 0) is 18.1 Å². The summed E-state index contributed by atoms with van der Waals surface area (Å²) in [5.41, 5.74) is 2.49. The van der Waals surface area contributed by atoms with Gasteiger partial charge in [0.15, 0.2) is 0 Å². The Balaban J connectivity index is 2.00. The van der Waals surface area contributed by atoms with Crippen LogP contribution in [-0.4, -0.2) is 41.9 Å². The minimum absolute atomic E-state index is 0.00828. The van der Waals surface area contributed by atoms with Crippen molar-refractivity contribution in [3.63, 3.8) is 0 Å². The number of aliphatic hydroxyl groups is 1. The minimum atomic E-state index is -0.153. The van der Waals surface area contributed by atoms with Crippen molar-refractivity contribution in [3.05, 3.63) is 54.6 Å². The number of hydrogen-bond acceptors (Lipinski definition) is 7. The Bertz CT molecular complexity index is 964. The number of hydrogen-bond donors (Lipinski definition) is 3. The predicted octanol–water partition coefficient (Wildman–Crippen LogP) is 4.33. The normalized spacial score (nSPS) is 11.8. The summed E-state index contributed by atoms with van der Waals surface area (Å²) in [6.45, 7) is 4.07. The zero-order valence-corrected chi connectivity index (χ0v) is 17.7. The molecule has 30 heavy (non-hydrogen) atoms. The molecule has 0 spiro atoms. The number of ether oxygens (including phenoxy) is 2. The molecule has 1 atom stereocenters. The van der Waals surface area contributed by atoms with E-state index in [1.165, 1.54) is 0 Å². The summed E-state index contributed by atoms with van der Waals surface area (Å²) in [6, 6.07) is 17.2. The lowest BCUT2D eigenvalue weighted by molar-refractivity contribution is 0.248. The van der Waals surface area contributed by atoms with Crippen molar-refractivity contribution in [3.8, 4) is 22.8 Å². The number of rotatable bonds is 9. The summed E-state index contributed by atoms with van der Waals surface area (Å²) < 4.78 is 10.8. The van der Waals surface area contributed by atoms with Gasteiger partial charge in [-0.3, -0.25) is 0 Å². The lowest BCUT2D eigenvalue weighted by Crippen LogP contribution is -2.30. The minimum Gasteiger partial charge on any atom is -0.497 e. The van der Waals surface area contributed by atoms with Gasteiger partial charge in [0.05, 0.1) is 38.2 Å². The molecule has 3 aromatic rings. The molecule has 0 saturated heterocycles. The van der Waals surface area contributed by atoms with E-state index in [1.807, 2.05) is 62.4 Å². The van der Waals surface area contributed by atoms with Gasteiger partial charge in [0.1, 0.15) is 17.3 Å². The highest BCUT2D eigenvalue weighted by Gasteiger charge is 2.16. The third kappa shape index (κ3) is 5.18. The molecule has 0 saturated carbocycles. The molecule has 7 nitrogen and oxygen atoms in total. The van der Waals surface area contributed by atoms with Gasteiger partial charge in [-0.1, -0.05) is 44.2 Å². The average Bonchev–Trinajstić information content (AvgIpc) is 2.78. The van der Waals surface area contributed by atoms with Gasteiger partial charge in [-0.2, -0.15) is 4.98 Å². The highest BCUT2D eigenvalue weighted by molar-refractivity contribution is 5.70. The topological polar surface area (TPSA) is 88.5 Å². The van der Waals surface area contributed by atoms with E-state index in [1.54, 1.807) is 20.3 Å². The Labute approximate surface area is 177 Å². The van der Waals surface area contributed by atoms with E-state index < -0.39 is 0 Å². The standard InChI is InChI=1S/C23H28N4O3/c1-15(2)20(14-28)26-23-25-19(16-8-6-5-7-9-16)13-22(27-23)24-18-11-10-17(29-3)12-21(18)30-4/h5-13,15,20,28H,14H2,1-4H3,(H2,24,25,26,27)/t20-/m0/s1. The van der Waals surface area contributed by atoms with Crippen LogP contribution in [0.4, 0.5) is 17.5 Å². The highest BCUT2D eigenvalue weighted by atomic mass is 16.5. The van der Waals surface area contributed by atoms with E-state index in [4.69, 9.17) is 9.47 Å². The van der Waals surface area contributed by atoms with E-state index in [0.717, 1.165) is 16.9 Å². The Hall–Kier alpha value is -3.32. The second-order valence-electron chi connectivity index (χ2n) is 7.20. The van der Waals surface area contributed by atoms with Crippen molar-refractivity contribution in [2.45, 2.75) is 19.9 Å². The Morgan fingerprint density at radius 3 is 2.37 bits per heavy atom. The zero-order valence-electron chi connectivity index (χ0n) is 17.7. The van der Waals surface area contributed by atoms with E-state index in [9.17, 15) is 5.11 Å². The number of nitrogens with zero attached hydrogens (tertiary/aromatic N) is 2. The fraction of sp³-hybridized carbons (Fsp3) is 0.304. The molecule has 3 N–H and O–H groups in total. The molecule has 1 aromatic heterocycles. The van der Waals surface area contributed by atoms with Gasteiger partial charge in [0.25, 0.3) is 0 Å². The van der Waals surface area contributed by atoms with Crippen molar-refractivity contribution in [2.24, 2.45) is 5.92 Å². The van der Waals surface area contributed by atoms with Gasteiger partial charge in [0.2, 0.25) is 5.95 Å². The smallest absolute Gasteiger partial charge is 0.225 e. The highest BCUT2D eigenvalue weighted by Crippen LogP contribution is 2.32. The molecular weight excluding hydrogens is 380 g/mol. The van der Waals surface area contributed by atoms with Crippen molar-refractivity contribution in [2.75, 3.05) is 31.5 Å². The molecule has 0 fully saturated rings. The molecule has 0 amide bonds. The van der Waals surface area contributed by atoms with Crippen LogP contribution in [0.25, 0.3) is 11.3 Å². The summed E-state index contributed by atoms with van der Waals surface area (Å²) >= 11 is 0. The number of nitrogens with one attached hydrogen (secondary N) is 2. The van der Waals surface area contributed by atoms with Crippen LogP contribution in [0.15, 0.2) is 54.6 Å². The van der Waals surface area contributed by atoms with Crippen LogP contribution in [-0.2, 0) is 0 Å². The molecule has 7 heteroatoms. The predicted molar refractivity (Wildman–Crippen MR) is 120 cm³/mol. The zero-order chi connectivity index (χ0) is 21.5. The molecule has 0 aliphatic carbocycles. The maximum Gasteiger partial charge on any atom is 0.225 e. The monoisotopic (exact) mass is 408 g/mol. The molecule has 0 unspecified atom stereocenters. The van der Waals surface area contributed by atoms with Crippen molar-refractivity contribution in [1.82, 2.24) is 9.97 Å². The number of anilines is 3. The maximum absolute atomic E-state index is 9.70. The van der Waals surface area contributed by atoms with Crippen LogP contribution in [0, 0.1) is 5.92 Å². The molecule has 0 aliphatic heterocycles. The summed E-state index contributed by atoms with van der Waals surface area (Å²) in [4.78, 5) is 9.27. The van der Waals surface area contributed by atoms with Gasteiger partial charge >= 0.3 is 0 Å². The summed E-state index contributed by atoms with van der Waals surface area (Å²) in [5, 5.41) is 16.3. The SMILES string of the molecule is COc1ccc(Nc2cc(-c3ccccc3)nc(N[C@@H](CO)C(C)C)n2)c(OC)c1. The number of methoxy groups -OCH3 is 2. The van der Waals surface area contributed by atoms with Crippen LogP contribution in [0.5, 0.6) is 11.5 Å². The number of benzene rings is 2. The van der Waals surface area contributed by atoms with Crippen molar-refractivity contribution in [1.29, 1.82) is 0 Å². The molecule has 0 radical (unpaired) electrons. The lowest BCUT2D eigenvalue weighted by Gasteiger charge is -2.21. The first-order valence-electron chi connectivity index (χ1n) is 9.85. The fourth-order valence-electron chi connectivity index (χ4n) is 2.96. The van der Waals surface area contributed by atoms with Gasteiger partial charge in [-0.25, -0.2) is 4.98 Å². The third-order valence-corrected chi connectivity index (χ3v) is 4.78. The lowest BCUT2D eigenvalue weighted by atomic mass is 10.1. The second-order valence-corrected chi connectivity index (χ2v) is 7.20. The Kier molecular flexibility index (Phi) is 7.08. The van der Waals surface area contributed by atoms with Crippen LogP contribution in [0.1, 0.15) is 13.8 Å². The summed E-state index contributed by atoms with van der Waals surface area (Å²) in [5.74, 6) is 2.61. The van der Waals surface area contributed by atoms with E-state index >= 15 is 0 Å². The first kappa shape index (κ1) is 21.4. The van der Waals surface area contributed by atoms with E-state index in [-0.39, 0.29) is 18.6 Å². The van der Waals surface area contributed by atoms with Crippen molar-refractivity contribution < 1.29 is 14.6 Å². The maximum atomic E-state index is 9.70. The summed E-state index contributed by atoms with van der Waals surface area (Å²) in [7, 11) is 3.22.